The van der Waals surface area contributed by atoms with Crippen molar-refractivity contribution in [2.24, 2.45) is 0 Å². The van der Waals surface area contributed by atoms with E-state index in [0.717, 1.165) is 28.5 Å². The Kier molecular flexibility index (Phi) is 5.30. The fraction of sp³-hybridized carbons (Fsp3) is 0.273. The Morgan fingerprint density at radius 1 is 1.18 bits per heavy atom. The molecule has 1 atom stereocenters. The molecular formula is C22H22N2O3S. The van der Waals surface area contributed by atoms with Gasteiger partial charge in [-0.3, -0.25) is 9.59 Å². The third kappa shape index (κ3) is 3.73. The molecule has 1 aliphatic rings. The van der Waals surface area contributed by atoms with E-state index in [1.54, 1.807) is 12.0 Å². The van der Waals surface area contributed by atoms with Crippen LogP contribution in [0.25, 0.3) is 10.8 Å². The standard InChI is InChI=1S/C22H22N2O3S/c1-27-18-9-8-16-12-15(6-7-17(16)13-18)14-23-21(25)19-4-2-10-24(19)22(26)20-5-3-11-28-20/h3,5-9,11-13,19H,2,4,10,14H2,1H3,(H,23,25)/t19-/m0/s1. The molecule has 5 nitrogen and oxygen atoms in total. The minimum Gasteiger partial charge on any atom is -0.497 e. The monoisotopic (exact) mass is 394 g/mol. The first-order chi connectivity index (χ1) is 13.7. The highest BCUT2D eigenvalue weighted by atomic mass is 32.1. The minimum absolute atomic E-state index is 0.0488. The molecule has 144 valence electrons. The van der Waals surface area contributed by atoms with Gasteiger partial charge in [-0.05, 0) is 58.8 Å². The number of ether oxygens (including phenoxy) is 1. The van der Waals surface area contributed by atoms with Gasteiger partial charge in [0.05, 0.1) is 12.0 Å². The molecule has 2 amide bonds. The summed E-state index contributed by atoms with van der Waals surface area (Å²) in [7, 11) is 1.65. The van der Waals surface area contributed by atoms with Gasteiger partial charge >= 0.3 is 0 Å². The van der Waals surface area contributed by atoms with Crippen LogP contribution in [0, 0.1) is 0 Å². The van der Waals surface area contributed by atoms with Crippen molar-refractivity contribution in [3.05, 3.63) is 64.4 Å². The van der Waals surface area contributed by atoms with Crippen LogP contribution in [0.3, 0.4) is 0 Å². The maximum atomic E-state index is 12.7. The molecule has 3 aromatic rings. The summed E-state index contributed by atoms with van der Waals surface area (Å²) >= 11 is 1.41. The Balaban J connectivity index is 1.42. The molecule has 0 spiro atoms. The van der Waals surface area contributed by atoms with Gasteiger partial charge in [0.15, 0.2) is 0 Å². The van der Waals surface area contributed by atoms with E-state index in [9.17, 15) is 9.59 Å². The largest absolute Gasteiger partial charge is 0.497 e. The zero-order valence-corrected chi connectivity index (χ0v) is 16.5. The number of fused-ring (bicyclic) bond motifs is 1. The number of carbonyl (C=O) groups excluding carboxylic acids is 2. The number of hydrogen-bond donors (Lipinski definition) is 1. The van der Waals surface area contributed by atoms with Gasteiger partial charge in [-0.25, -0.2) is 0 Å². The number of methoxy groups -OCH3 is 1. The van der Waals surface area contributed by atoms with Gasteiger partial charge in [0.2, 0.25) is 5.91 Å². The summed E-state index contributed by atoms with van der Waals surface area (Å²) in [4.78, 5) is 27.8. The minimum atomic E-state index is -0.390. The van der Waals surface area contributed by atoms with E-state index in [-0.39, 0.29) is 17.9 Å². The number of likely N-dealkylation sites (tertiary alicyclic amines) is 1. The Morgan fingerprint density at radius 3 is 2.79 bits per heavy atom. The van der Waals surface area contributed by atoms with Gasteiger partial charge in [0.25, 0.3) is 5.91 Å². The first-order valence-corrected chi connectivity index (χ1v) is 10.2. The maximum Gasteiger partial charge on any atom is 0.264 e. The molecule has 2 aromatic carbocycles. The summed E-state index contributed by atoms with van der Waals surface area (Å²) in [5.41, 5.74) is 1.03. The van der Waals surface area contributed by atoms with Crippen molar-refractivity contribution in [2.45, 2.75) is 25.4 Å². The highest BCUT2D eigenvalue weighted by Gasteiger charge is 2.34. The van der Waals surface area contributed by atoms with Gasteiger partial charge in [0.1, 0.15) is 11.8 Å². The van der Waals surface area contributed by atoms with E-state index >= 15 is 0 Å². The molecule has 28 heavy (non-hydrogen) atoms. The molecule has 0 saturated carbocycles. The molecule has 6 heteroatoms. The average molecular weight is 394 g/mol. The molecule has 4 rings (SSSR count). The number of carbonyl (C=O) groups is 2. The lowest BCUT2D eigenvalue weighted by atomic mass is 10.1. The molecular weight excluding hydrogens is 372 g/mol. The number of rotatable bonds is 5. The molecule has 0 bridgehead atoms. The van der Waals surface area contributed by atoms with E-state index in [4.69, 9.17) is 4.74 Å². The Hall–Kier alpha value is -2.86. The third-order valence-electron chi connectivity index (χ3n) is 5.13. The number of nitrogens with one attached hydrogen (secondary N) is 1. The van der Waals surface area contributed by atoms with E-state index in [1.165, 1.54) is 11.3 Å². The van der Waals surface area contributed by atoms with Crippen molar-refractivity contribution in [3.63, 3.8) is 0 Å². The number of thiophene rings is 1. The van der Waals surface area contributed by atoms with Crippen molar-refractivity contribution in [1.82, 2.24) is 10.2 Å². The lowest BCUT2D eigenvalue weighted by Gasteiger charge is -2.23. The molecule has 0 unspecified atom stereocenters. The summed E-state index contributed by atoms with van der Waals surface area (Å²) in [6.07, 6.45) is 1.56. The lowest BCUT2D eigenvalue weighted by molar-refractivity contribution is -0.125. The van der Waals surface area contributed by atoms with Crippen LogP contribution in [0.15, 0.2) is 53.9 Å². The second-order valence-corrected chi connectivity index (χ2v) is 7.85. The maximum absolute atomic E-state index is 12.7. The molecule has 0 radical (unpaired) electrons. The fourth-order valence-corrected chi connectivity index (χ4v) is 4.32. The summed E-state index contributed by atoms with van der Waals surface area (Å²) in [5, 5.41) is 7.08. The van der Waals surface area contributed by atoms with Gasteiger partial charge < -0.3 is 15.0 Å². The predicted molar refractivity (Wildman–Crippen MR) is 111 cm³/mol. The summed E-state index contributed by atoms with van der Waals surface area (Å²) in [6, 6.07) is 15.3. The van der Waals surface area contributed by atoms with Crippen molar-refractivity contribution in [1.29, 1.82) is 0 Å². The predicted octanol–water partition coefficient (Wildman–Crippen LogP) is 3.83. The molecule has 1 fully saturated rings. The van der Waals surface area contributed by atoms with Gasteiger partial charge in [-0.2, -0.15) is 0 Å². The lowest BCUT2D eigenvalue weighted by Crippen LogP contribution is -2.45. The van der Waals surface area contributed by atoms with Gasteiger partial charge in [0, 0.05) is 13.1 Å². The van der Waals surface area contributed by atoms with E-state index < -0.39 is 0 Å². The molecule has 1 N–H and O–H groups in total. The Morgan fingerprint density at radius 2 is 2.00 bits per heavy atom. The van der Waals surface area contributed by atoms with E-state index in [1.807, 2.05) is 47.8 Å². The van der Waals surface area contributed by atoms with Crippen LogP contribution in [0.4, 0.5) is 0 Å². The van der Waals surface area contributed by atoms with Crippen LogP contribution in [-0.4, -0.2) is 36.4 Å². The van der Waals surface area contributed by atoms with Crippen LogP contribution in [0.2, 0.25) is 0 Å². The van der Waals surface area contributed by atoms with Crippen molar-refractivity contribution in [3.8, 4) is 5.75 Å². The van der Waals surface area contributed by atoms with E-state index in [0.29, 0.717) is 24.4 Å². The molecule has 0 aliphatic carbocycles. The number of nitrogens with zero attached hydrogens (tertiary/aromatic N) is 1. The average Bonchev–Trinajstić information content (AvgIpc) is 3.43. The number of benzene rings is 2. The van der Waals surface area contributed by atoms with Gasteiger partial charge in [-0.1, -0.05) is 24.3 Å². The Bertz CT molecular complexity index is 1000. The Labute approximate surface area is 167 Å². The number of hydrogen-bond acceptors (Lipinski definition) is 4. The SMILES string of the molecule is COc1ccc2cc(CNC(=O)[C@@H]3CCCN3C(=O)c3cccs3)ccc2c1. The smallest absolute Gasteiger partial charge is 0.264 e. The molecule has 1 aromatic heterocycles. The zero-order valence-electron chi connectivity index (χ0n) is 15.7. The quantitative estimate of drug-likeness (QED) is 0.715. The summed E-state index contributed by atoms with van der Waals surface area (Å²) in [6.45, 7) is 1.07. The molecule has 1 saturated heterocycles. The zero-order chi connectivity index (χ0) is 19.5. The highest BCUT2D eigenvalue weighted by molar-refractivity contribution is 7.12. The summed E-state index contributed by atoms with van der Waals surface area (Å²) in [5.74, 6) is 0.690. The second-order valence-electron chi connectivity index (χ2n) is 6.90. The second kappa shape index (κ2) is 8.02. The van der Waals surface area contributed by atoms with Crippen molar-refractivity contribution < 1.29 is 14.3 Å². The van der Waals surface area contributed by atoms with Crippen LogP contribution in [0.1, 0.15) is 28.1 Å². The third-order valence-corrected chi connectivity index (χ3v) is 5.98. The van der Waals surface area contributed by atoms with Crippen molar-refractivity contribution in [2.75, 3.05) is 13.7 Å². The summed E-state index contributed by atoms with van der Waals surface area (Å²) < 4.78 is 5.26. The normalized spacial score (nSPS) is 16.3. The van der Waals surface area contributed by atoms with Crippen LogP contribution in [0.5, 0.6) is 5.75 Å². The van der Waals surface area contributed by atoms with Crippen LogP contribution < -0.4 is 10.1 Å². The fourth-order valence-electron chi connectivity index (χ4n) is 3.64. The first-order valence-electron chi connectivity index (χ1n) is 9.34. The molecule has 1 aliphatic heterocycles. The van der Waals surface area contributed by atoms with Crippen molar-refractivity contribution >= 4 is 33.9 Å². The molecule has 2 heterocycles. The van der Waals surface area contributed by atoms with Crippen LogP contribution >= 0.6 is 11.3 Å². The highest BCUT2D eigenvalue weighted by Crippen LogP contribution is 2.24. The van der Waals surface area contributed by atoms with Gasteiger partial charge in [-0.15, -0.1) is 11.3 Å². The number of amides is 2. The van der Waals surface area contributed by atoms with E-state index in [2.05, 4.69) is 11.4 Å². The first kappa shape index (κ1) is 18.5. The van der Waals surface area contributed by atoms with Crippen LogP contribution in [-0.2, 0) is 11.3 Å². The topological polar surface area (TPSA) is 58.6 Å².